The van der Waals surface area contributed by atoms with E-state index in [-0.39, 0.29) is 17.2 Å². The molecule has 1 aromatic heterocycles. The van der Waals surface area contributed by atoms with Crippen LogP contribution in [0, 0.1) is 10.1 Å². The normalized spacial score (nSPS) is 10.7. The van der Waals surface area contributed by atoms with E-state index in [9.17, 15) is 14.9 Å². The first-order valence-corrected chi connectivity index (χ1v) is 9.48. The van der Waals surface area contributed by atoms with Crippen molar-refractivity contribution in [2.45, 2.75) is 19.8 Å². The van der Waals surface area contributed by atoms with Crippen molar-refractivity contribution < 1.29 is 14.2 Å². The largest absolute Gasteiger partial charge is 0.339 e. The van der Waals surface area contributed by atoms with Gasteiger partial charge in [-0.1, -0.05) is 29.7 Å². The van der Waals surface area contributed by atoms with E-state index in [2.05, 4.69) is 10.1 Å². The maximum absolute atomic E-state index is 12.8. The molecule has 0 aliphatic carbocycles. The maximum Gasteiger partial charge on any atom is 0.270 e. The molecule has 0 saturated carbocycles. The van der Waals surface area contributed by atoms with Crippen molar-refractivity contribution in [1.29, 1.82) is 0 Å². The van der Waals surface area contributed by atoms with Gasteiger partial charge in [-0.25, -0.2) is 0 Å². The summed E-state index contributed by atoms with van der Waals surface area (Å²) in [5.41, 5.74) is 0.944. The highest BCUT2D eigenvalue weighted by Crippen LogP contribution is 2.19. The third kappa shape index (κ3) is 5.17. The number of hydrogen-bond acceptors (Lipinski definition) is 6. The summed E-state index contributed by atoms with van der Waals surface area (Å²) in [5, 5.41) is 15.6. The van der Waals surface area contributed by atoms with Crippen LogP contribution >= 0.6 is 11.6 Å². The number of amides is 1. The van der Waals surface area contributed by atoms with E-state index in [1.807, 2.05) is 6.92 Å². The van der Waals surface area contributed by atoms with E-state index >= 15 is 0 Å². The molecular formula is C20H19ClN4O4. The predicted molar refractivity (Wildman–Crippen MR) is 108 cm³/mol. The maximum atomic E-state index is 12.8. The van der Waals surface area contributed by atoms with Crippen molar-refractivity contribution in [2.75, 3.05) is 13.1 Å². The Morgan fingerprint density at radius 3 is 2.66 bits per heavy atom. The van der Waals surface area contributed by atoms with Crippen LogP contribution in [-0.2, 0) is 6.42 Å². The molecule has 3 rings (SSSR count). The van der Waals surface area contributed by atoms with Crippen molar-refractivity contribution in [1.82, 2.24) is 15.0 Å². The zero-order valence-electron chi connectivity index (χ0n) is 15.7. The molecule has 1 amide bonds. The SMILES string of the molecule is CCCN(CCc1nc(-c2ccc(Cl)cc2)no1)C(=O)c1cccc([N+](=O)[O-])c1. The Morgan fingerprint density at radius 2 is 1.97 bits per heavy atom. The monoisotopic (exact) mass is 414 g/mol. The van der Waals surface area contributed by atoms with Gasteiger partial charge in [-0.05, 0) is 36.8 Å². The first-order chi connectivity index (χ1) is 14.0. The first kappa shape index (κ1) is 20.5. The van der Waals surface area contributed by atoms with Gasteiger partial charge in [0.2, 0.25) is 11.7 Å². The average Bonchev–Trinajstić information content (AvgIpc) is 3.20. The lowest BCUT2D eigenvalue weighted by molar-refractivity contribution is -0.384. The summed E-state index contributed by atoms with van der Waals surface area (Å²) >= 11 is 5.89. The Balaban J connectivity index is 1.69. The van der Waals surface area contributed by atoms with Gasteiger partial charge in [0.25, 0.3) is 11.6 Å². The van der Waals surface area contributed by atoms with Gasteiger partial charge in [0.15, 0.2) is 0 Å². The summed E-state index contributed by atoms with van der Waals surface area (Å²) in [6, 6.07) is 12.8. The number of carbonyl (C=O) groups excluding carboxylic acids is 1. The minimum absolute atomic E-state index is 0.114. The van der Waals surface area contributed by atoms with Crippen molar-refractivity contribution in [3.05, 3.63) is 75.1 Å². The van der Waals surface area contributed by atoms with E-state index in [0.717, 1.165) is 12.0 Å². The molecule has 2 aromatic carbocycles. The lowest BCUT2D eigenvalue weighted by Gasteiger charge is -2.21. The van der Waals surface area contributed by atoms with Gasteiger partial charge < -0.3 is 9.42 Å². The van der Waals surface area contributed by atoms with Crippen LogP contribution in [0.5, 0.6) is 0 Å². The number of nitro benzene ring substituents is 1. The van der Waals surface area contributed by atoms with Gasteiger partial charge in [0, 0.05) is 47.8 Å². The standard InChI is InChI=1S/C20H19ClN4O4/c1-2-11-24(20(26)15-4-3-5-17(13-15)25(27)28)12-10-18-22-19(23-29-18)14-6-8-16(21)9-7-14/h3-9,13H,2,10-12H2,1H3. The molecular weight excluding hydrogens is 396 g/mol. The molecule has 0 aliphatic heterocycles. The Morgan fingerprint density at radius 1 is 1.21 bits per heavy atom. The molecule has 0 N–H and O–H groups in total. The molecule has 0 saturated heterocycles. The third-order valence-electron chi connectivity index (χ3n) is 4.25. The van der Waals surface area contributed by atoms with Crippen LogP contribution in [-0.4, -0.2) is 39.0 Å². The molecule has 29 heavy (non-hydrogen) atoms. The highest BCUT2D eigenvalue weighted by Gasteiger charge is 2.19. The lowest BCUT2D eigenvalue weighted by Crippen LogP contribution is -2.33. The van der Waals surface area contributed by atoms with Crippen LogP contribution in [0.25, 0.3) is 11.4 Å². The highest BCUT2D eigenvalue weighted by molar-refractivity contribution is 6.30. The van der Waals surface area contributed by atoms with Crippen LogP contribution in [0.15, 0.2) is 53.1 Å². The van der Waals surface area contributed by atoms with Crippen LogP contribution in [0.1, 0.15) is 29.6 Å². The number of non-ortho nitro benzene ring substituents is 1. The number of benzene rings is 2. The molecule has 0 fully saturated rings. The Hall–Kier alpha value is -3.26. The summed E-state index contributed by atoms with van der Waals surface area (Å²) in [6.07, 6.45) is 1.13. The molecule has 0 atom stereocenters. The van der Waals surface area contributed by atoms with Crippen molar-refractivity contribution >= 4 is 23.2 Å². The van der Waals surface area contributed by atoms with Gasteiger partial charge in [-0.15, -0.1) is 0 Å². The fourth-order valence-corrected chi connectivity index (χ4v) is 2.95. The van der Waals surface area contributed by atoms with Crippen molar-refractivity contribution in [3.63, 3.8) is 0 Å². The van der Waals surface area contributed by atoms with Crippen LogP contribution in [0.4, 0.5) is 5.69 Å². The lowest BCUT2D eigenvalue weighted by atomic mass is 10.1. The fraction of sp³-hybridized carbons (Fsp3) is 0.250. The number of halogens is 1. The third-order valence-corrected chi connectivity index (χ3v) is 4.50. The second kappa shape index (κ2) is 9.29. The average molecular weight is 415 g/mol. The molecule has 0 aliphatic rings. The van der Waals surface area contributed by atoms with Gasteiger partial charge >= 0.3 is 0 Å². The molecule has 1 heterocycles. The minimum Gasteiger partial charge on any atom is -0.339 e. The Bertz CT molecular complexity index is 1000. The van der Waals surface area contributed by atoms with E-state index in [1.165, 1.54) is 18.2 Å². The highest BCUT2D eigenvalue weighted by atomic mass is 35.5. The summed E-state index contributed by atoms with van der Waals surface area (Å²) in [5.74, 6) is 0.583. The van der Waals surface area contributed by atoms with E-state index in [4.69, 9.17) is 16.1 Å². The van der Waals surface area contributed by atoms with Crippen LogP contribution < -0.4 is 0 Å². The Labute approximate surface area is 172 Å². The summed E-state index contributed by atoms with van der Waals surface area (Å²) in [7, 11) is 0. The van der Waals surface area contributed by atoms with Gasteiger partial charge in [0.1, 0.15) is 0 Å². The summed E-state index contributed by atoms with van der Waals surface area (Å²) in [6.45, 7) is 2.83. The number of nitrogens with zero attached hydrogens (tertiary/aromatic N) is 4. The topological polar surface area (TPSA) is 102 Å². The quantitative estimate of drug-likeness (QED) is 0.400. The van der Waals surface area contributed by atoms with E-state index in [1.54, 1.807) is 35.2 Å². The van der Waals surface area contributed by atoms with E-state index < -0.39 is 4.92 Å². The number of aromatic nitrogens is 2. The second-order valence-corrected chi connectivity index (χ2v) is 6.80. The van der Waals surface area contributed by atoms with Gasteiger partial charge in [-0.3, -0.25) is 14.9 Å². The molecule has 150 valence electrons. The van der Waals surface area contributed by atoms with Crippen LogP contribution in [0.3, 0.4) is 0 Å². The zero-order valence-corrected chi connectivity index (χ0v) is 16.5. The number of rotatable bonds is 8. The van der Waals surface area contributed by atoms with Gasteiger partial charge in [-0.2, -0.15) is 4.98 Å². The zero-order chi connectivity index (χ0) is 20.8. The number of nitro groups is 1. The Kier molecular flexibility index (Phi) is 6.56. The smallest absolute Gasteiger partial charge is 0.270 e. The number of hydrogen-bond donors (Lipinski definition) is 0. The second-order valence-electron chi connectivity index (χ2n) is 6.37. The van der Waals surface area contributed by atoms with Gasteiger partial charge in [0.05, 0.1) is 4.92 Å². The molecule has 0 unspecified atom stereocenters. The van der Waals surface area contributed by atoms with Crippen molar-refractivity contribution in [3.8, 4) is 11.4 Å². The summed E-state index contributed by atoms with van der Waals surface area (Å²) in [4.78, 5) is 29.3. The molecule has 0 radical (unpaired) electrons. The van der Waals surface area contributed by atoms with E-state index in [0.29, 0.717) is 36.2 Å². The van der Waals surface area contributed by atoms with Crippen molar-refractivity contribution in [2.24, 2.45) is 0 Å². The number of carbonyl (C=O) groups is 1. The molecule has 0 spiro atoms. The molecule has 9 heteroatoms. The summed E-state index contributed by atoms with van der Waals surface area (Å²) < 4.78 is 5.29. The molecule has 3 aromatic rings. The van der Waals surface area contributed by atoms with Crippen LogP contribution in [0.2, 0.25) is 5.02 Å². The predicted octanol–water partition coefficient (Wildman–Crippen LogP) is 4.39. The fourth-order valence-electron chi connectivity index (χ4n) is 2.82. The minimum atomic E-state index is -0.516. The first-order valence-electron chi connectivity index (χ1n) is 9.10. The molecule has 8 nitrogen and oxygen atoms in total. The molecule has 0 bridgehead atoms.